The number of aromatic amines is 1. The summed E-state index contributed by atoms with van der Waals surface area (Å²) in [5, 5.41) is 4.77. The van der Waals surface area contributed by atoms with Crippen LogP contribution in [0.1, 0.15) is 36.1 Å². The van der Waals surface area contributed by atoms with Gasteiger partial charge in [-0.05, 0) is 56.4 Å². The van der Waals surface area contributed by atoms with E-state index in [0.717, 1.165) is 60.6 Å². The zero-order valence-electron chi connectivity index (χ0n) is 16.4. The Balaban J connectivity index is 1.44. The molecule has 1 unspecified atom stereocenters. The van der Waals surface area contributed by atoms with E-state index in [1.54, 1.807) is 0 Å². The van der Waals surface area contributed by atoms with E-state index < -0.39 is 0 Å². The summed E-state index contributed by atoms with van der Waals surface area (Å²) in [6.07, 6.45) is 2.43. The molecule has 5 rings (SSSR count). The number of rotatable bonds is 2. The van der Waals surface area contributed by atoms with Crippen LogP contribution in [0, 0.1) is 13.8 Å². The van der Waals surface area contributed by atoms with Crippen LogP contribution in [0.15, 0.2) is 18.2 Å². The summed E-state index contributed by atoms with van der Waals surface area (Å²) in [7, 11) is 0. The van der Waals surface area contributed by atoms with Crippen LogP contribution in [0.25, 0.3) is 22.6 Å². The number of nitrogens with one attached hydrogen (secondary N) is 1. The van der Waals surface area contributed by atoms with Crippen LogP contribution in [0.5, 0.6) is 0 Å². The number of hydrogen-bond donors (Lipinski definition) is 1. The molecule has 3 aromatic rings. The van der Waals surface area contributed by atoms with E-state index in [9.17, 15) is 4.79 Å². The third-order valence-corrected chi connectivity index (χ3v) is 5.95. The summed E-state index contributed by atoms with van der Waals surface area (Å²) < 4.78 is 7.61. The first kappa shape index (κ1) is 17.4. The van der Waals surface area contributed by atoms with Gasteiger partial charge in [0.05, 0.1) is 23.3 Å². The third-order valence-electron chi connectivity index (χ3n) is 5.95. The van der Waals surface area contributed by atoms with E-state index in [1.165, 1.54) is 11.1 Å². The first-order valence-electron chi connectivity index (χ1n) is 10.0. The Bertz CT molecular complexity index is 1040. The highest BCUT2D eigenvalue weighted by Gasteiger charge is 2.30. The molecule has 1 atom stereocenters. The largest absolute Gasteiger partial charge is 0.368 e. The second-order valence-corrected chi connectivity index (χ2v) is 7.85. The number of aryl methyl sites for hydroxylation is 3. The summed E-state index contributed by atoms with van der Waals surface area (Å²) in [5.74, 6) is 0.893. The van der Waals surface area contributed by atoms with Crippen molar-refractivity contribution in [2.24, 2.45) is 0 Å². The van der Waals surface area contributed by atoms with Crippen molar-refractivity contribution >= 4 is 16.9 Å². The first-order valence-corrected chi connectivity index (χ1v) is 10.0. The fourth-order valence-electron chi connectivity index (χ4n) is 4.18. The number of benzene rings is 1. The number of nitrogens with zero attached hydrogens (tertiary/aromatic N) is 4. The average molecular weight is 379 g/mol. The van der Waals surface area contributed by atoms with Gasteiger partial charge in [-0.15, -0.1) is 0 Å². The number of aromatic nitrogens is 4. The van der Waals surface area contributed by atoms with Crippen LogP contribution >= 0.6 is 0 Å². The molecule has 1 saturated heterocycles. The highest BCUT2D eigenvalue weighted by Crippen LogP contribution is 2.26. The molecule has 28 heavy (non-hydrogen) atoms. The van der Waals surface area contributed by atoms with E-state index in [1.807, 2.05) is 9.58 Å². The monoisotopic (exact) mass is 379 g/mol. The number of ether oxygens (including phenoxy) is 1. The minimum absolute atomic E-state index is 0.114. The Morgan fingerprint density at radius 2 is 2.14 bits per heavy atom. The van der Waals surface area contributed by atoms with Gasteiger partial charge in [-0.3, -0.25) is 9.48 Å². The quantitative estimate of drug-likeness (QED) is 0.743. The van der Waals surface area contributed by atoms with E-state index in [4.69, 9.17) is 14.8 Å². The van der Waals surface area contributed by atoms with Gasteiger partial charge in [-0.2, -0.15) is 5.10 Å². The maximum Gasteiger partial charge on any atom is 0.252 e. The van der Waals surface area contributed by atoms with Crippen molar-refractivity contribution in [2.75, 3.05) is 13.2 Å². The minimum atomic E-state index is -0.268. The van der Waals surface area contributed by atoms with Gasteiger partial charge in [0.25, 0.3) is 5.91 Å². The lowest BCUT2D eigenvalue weighted by molar-refractivity contribution is -0.141. The fraction of sp³-hybridized carbons (Fsp3) is 0.476. The lowest BCUT2D eigenvalue weighted by Gasteiger charge is -2.23. The second kappa shape index (κ2) is 6.74. The van der Waals surface area contributed by atoms with Gasteiger partial charge in [0, 0.05) is 19.7 Å². The van der Waals surface area contributed by atoms with Crippen molar-refractivity contribution in [3.63, 3.8) is 0 Å². The smallest absolute Gasteiger partial charge is 0.252 e. The van der Waals surface area contributed by atoms with Gasteiger partial charge in [0.1, 0.15) is 11.8 Å². The van der Waals surface area contributed by atoms with Gasteiger partial charge in [0.15, 0.2) is 5.82 Å². The SMILES string of the molecule is Cc1ccc2[nH]c(-c3cc4n(n3)CCCN(C(=O)C3CCCO3)C4)nc2c1C. The molecule has 0 saturated carbocycles. The van der Waals surface area contributed by atoms with Crippen LogP contribution in [0.4, 0.5) is 0 Å². The summed E-state index contributed by atoms with van der Waals surface area (Å²) in [5.41, 5.74) is 6.32. The van der Waals surface area contributed by atoms with Gasteiger partial charge in [-0.25, -0.2) is 4.98 Å². The lowest BCUT2D eigenvalue weighted by atomic mass is 10.1. The molecule has 4 heterocycles. The van der Waals surface area contributed by atoms with Crippen molar-refractivity contribution in [2.45, 2.75) is 52.3 Å². The molecule has 0 bridgehead atoms. The highest BCUT2D eigenvalue weighted by atomic mass is 16.5. The Hall–Kier alpha value is -2.67. The van der Waals surface area contributed by atoms with Gasteiger partial charge < -0.3 is 14.6 Å². The van der Waals surface area contributed by atoms with Crippen LogP contribution in [0.2, 0.25) is 0 Å². The molecular weight excluding hydrogens is 354 g/mol. The number of carbonyl (C=O) groups excluding carboxylic acids is 1. The number of hydrogen-bond acceptors (Lipinski definition) is 4. The zero-order valence-corrected chi connectivity index (χ0v) is 16.4. The summed E-state index contributed by atoms with van der Waals surface area (Å²) in [6.45, 7) is 7.02. The van der Waals surface area contributed by atoms with Crippen molar-refractivity contribution in [3.05, 3.63) is 35.0 Å². The number of carbonyl (C=O) groups is 1. The maximum absolute atomic E-state index is 12.8. The first-order chi connectivity index (χ1) is 13.6. The summed E-state index contributed by atoms with van der Waals surface area (Å²) in [4.78, 5) is 22.9. The molecule has 2 aromatic heterocycles. The predicted octanol–water partition coefficient (Wildman–Crippen LogP) is 2.95. The molecule has 0 spiro atoms. The molecule has 1 amide bonds. The molecule has 146 valence electrons. The fourth-order valence-corrected chi connectivity index (χ4v) is 4.18. The lowest BCUT2D eigenvalue weighted by Crippen LogP contribution is -2.38. The molecule has 1 fully saturated rings. The average Bonchev–Trinajstić information content (AvgIpc) is 3.42. The molecule has 0 aliphatic carbocycles. The molecular formula is C21H25N5O2. The van der Waals surface area contributed by atoms with E-state index >= 15 is 0 Å². The Kier molecular flexibility index (Phi) is 4.19. The predicted molar refractivity (Wildman–Crippen MR) is 106 cm³/mol. The Morgan fingerprint density at radius 1 is 1.25 bits per heavy atom. The van der Waals surface area contributed by atoms with Crippen LogP contribution in [-0.4, -0.2) is 49.8 Å². The molecule has 7 heteroatoms. The molecule has 1 N–H and O–H groups in total. The number of fused-ring (bicyclic) bond motifs is 2. The third kappa shape index (κ3) is 2.90. The Labute approximate surface area is 163 Å². The van der Waals surface area contributed by atoms with E-state index in [2.05, 4.69) is 37.0 Å². The van der Waals surface area contributed by atoms with Crippen molar-refractivity contribution in [1.29, 1.82) is 0 Å². The van der Waals surface area contributed by atoms with Gasteiger partial charge >= 0.3 is 0 Å². The number of imidazole rings is 1. The second-order valence-electron chi connectivity index (χ2n) is 7.85. The number of H-pyrrole nitrogens is 1. The van der Waals surface area contributed by atoms with Crippen LogP contribution in [-0.2, 0) is 22.6 Å². The Morgan fingerprint density at radius 3 is 2.96 bits per heavy atom. The van der Waals surface area contributed by atoms with Crippen LogP contribution in [0.3, 0.4) is 0 Å². The van der Waals surface area contributed by atoms with Crippen molar-refractivity contribution in [3.8, 4) is 11.5 Å². The number of amides is 1. The minimum Gasteiger partial charge on any atom is -0.368 e. The molecule has 2 aliphatic heterocycles. The van der Waals surface area contributed by atoms with E-state index in [-0.39, 0.29) is 12.0 Å². The highest BCUT2D eigenvalue weighted by molar-refractivity contribution is 5.83. The molecule has 7 nitrogen and oxygen atoms in total. The zero-order chi connectivity index (χ0) is 19.3. The van der Waals surface area contributed by atoms with E-state index in [0.29, 0.717) is 13.2 Å². The summed E-state index contributed by atoms with van der Waals surface area (Å²) in [6, 6.07) is 6.23. The van der Waals surface area contributed by atoms with Gasteiger partial charge in [0.2, 0.25) is 0 Å². The summed E-state index contributed by atoms with van der Waals surface area (Å²) >= 11 is 0. The molecule has 1 aromatic carbocycles. The topological polar surface area (TPSA) is 76.0 Å². The molecule has 0 radical (unpaired) electrons. The molecule has 2 aliphatic rings. The van der Waals surface area contributed by atoms with Crippen molar-refractivity contribution in [1.82, 2.24) is 24.6 Å². The standard InChI is InChI=1S/C21H25N5O2/c1-13-6-7-16-19(14(13)2)23-20(22-16)17-11-15-12-25(8-4-9-26(15)24-17)21(27)18-5-3-10-28-18/h6-7,11,18H,3-5,8-10,12H2,1-2H3,(H,22,23). The normalized spacial score (nSPS) is 19.8. The van der Waals surface area contributed by atoms with Crippen molar-refractivity contribution < 1.29 is 9.53 Å². The van der Waals surface area contributed by atoms with Gasteiger partial charge in [-0.1, -0.05) is 6.07 Å². The maximum atomic E-state index is 12.8. The van der Waals surface area contributed by atoms with Crippen LogP contribution < -0.4 is 0 Å².